The van der Waals surface area contributed by atoms with Crippen LogP contribution < -0.4 is 15.5 Å². The normalized spacial score (nSPS) is 21.0. The molecule has 1 amide bonds. The van der Waals surface area contributed by atoms with Gasteiger partial charge in [0.2, 0.25) is 0 Å². The average Bonchev–Trinajstić information content (AvgIpc) is 3.30. The molecular formula is C25H31ClN4O4. The molecule has 1 aromatic heterocycles. The smallest absolute Gasteiger partial charge is 0.267 e. The first-order valence-corrected chi connectivity index (χ1v) is 12.0. The molecule has 4 rings (SSSR count). The van der Waals surface area contributed by atoms with E-state index >= 15 is 0 Å². The van der Waals surface area contributed by atoms with Gasteiger partial charge in [0, 0.05) is 51.0 Å². The van der Waals surface area contributed by atoms with Gasteiger partial charge in [-0.05, 0) is 54.7 Å². The van der Waals surface area contributed by atoms with Crippen LogP contribution in [0.3, 0.4) is 0 Å². The standard InChI is InChI=1S/C25H31ClN4O4/c1-32-21-8-5-18(6-9-21)16-30-12-11-20(17-30)28-25-22(26)14-19(15-27-25)7-10-23(31)29-34-24-4-2-3-13-33-24/h5-10,14-15,20,24H,2-4,11-13,16-17H2,1H3,(H,27,28)(H,29,31)/b10-7+/t20-,24?/m1/s1. The maximum Gasteiger partial charge on any atom is 0.267 e. The molecule has 1 aromatic carbocycles. The summed E-state index contributed by atoms with van der Waals surface area (Å²) in [7, 11) is 1.67. The number of hydrogen-bond donors (Lipinski definition) is 2. The largest absolute Gasteiger partial charge is 0.497 e. The number of nitrogens with one attached hydrogen (secondary N) is 2. The Morgan fingerprint density at radius 3 is 2.88 bits per heavy atom. The van der Waals surface area contributed by atoms with E-state index in [1.165, 1.54) is 11.6 Å². The van der Waals surface area contributed by atoms with Crippen LogP contribution in [0.5, 0.6) is 5.75 Å². The quantitative estimate of drug-likeness (QED) is 0.409. The molecule has 8 nitrogen and oxygen atoms in total. The maximum atomic E-state index is 12.0. The molecule has 2 aromatic rings. The summed E-state index contributed by atoms with van der Waals surface area (Å²) in [6.45, 7) is 3.47. The topological polar surface area (TPSA) is 85.0 Å². The molecule has 34 heavy (non-hydrogen) atoms. The van der Waals surface area contributed by atoms with Gasteiger partial charge in [-0.3, -0.25) is 9.69 Å². The third kappa shape index (κ3) is 7.17. The predicted octanol–water partition coefficient (Wildman–Crippen LogP) is 4.02. The average molecular weight is 487 g/mol. The highest BCUT2D eigenvalue weighted by Crippen LogP contribution is 2.24. The molecular weight excluding hydrogens is 456 g/mol. The summed E-state index contributed by atoms with van der Waals surface area (Å²) in [5.41, 5.74) is 4.38. The lowest BCUT2D eigenvalue weighted by Crippen LogP contribution is -2.32. The van der Waals surface area contributed by atoms with Gasteiger partial charge < -0.3 is 14.8 Å². The molecule has 2 atom stereocenters. The molecule has 2 aliphatic rings. The number of carbonyl (C=O) groups excluding carboxylic acids is 1. The fraction of sp³-hybridized carbons (Fsp3) is 0.440. The lowest BCUT2D eigenvalue weighted by atomic mass is 10.2. The fourth-order valence-electron chi connectivity index (χ4n) is 4.06. The van der Waals surface area contributed by atoms with E-state index in [2.05, 4.69) is 32.8 Å². The van der Waals surface area contributed by atoms with Crippen molar-refractivity contribution in [1.29, 1.82) is 0 Å². The summed E-state index contributed by atoms with van der Waals surface area (Å²) in [5.74, 6) is 1.15. The molecule has 0 spiro atoms. The monoisotopic (exact) mass is 486 g/mol. The molecule has 2 aliphatic heterocycles. The van der Waals surface area contributed by atoms with Crippen molar-refractivity contribution in [3.63, 3.8) is 0 Å². The zero-order valence-electron chi connectivity index (χ0n) is 19.3. The van der Waals surface area contributed by atoms with Crippen LogP contribution in [0, 0.1) is 0 Å². The van der Waals surface area contributed by atoms with E-state index in [9.17, 15) is 4.79 Å². The van der Waals surface area contributed by atoms with Gasteiger partial charge >= 0.3 is 0 Å². The number of ether oxygens (including phenoxy) is 2. The molecule has 2 saturated heterocycles. The van der Waals surface area contributed by atoms with Gasteiger partial charge in [0.1, 0.15) is 11.6 Å². The summed E-state index contributed by atoms with van der Waals surface area (Å²) in [6.07, 6.45) is 8.19. The third-order valence-electron chi connectivity index (χ3n) is 5.90. The minimum atomic E-state index is -0.379. The highest BCUT2D eigenvalue weighted by molar-refractivity contribution is 6.33. The van der Waals surface area contributed by atoms with Crippen LogP contribution in [0.1, 0.15) is 36.8 Å². The third-order valence-corrected chi connectivity index (χ3v) is 6.18. The van der Waals surface area contributed by atoms with Crippen LogP contribution in [0.2, 0.25) is 5.02 Å². The molecule has 3 heterocycles. The number of carbonyl (C=O) groups is 1. The van der Waals surface area contributed by atoms with Crippen LogP contribution in [-0.2, 0) is 20.9 Å². The molecule has 2 N–H and O–H groups in total. The number of rotatable bonds is 9. The first kappa shape index (κ1) is 24.5. The number of anilines is 1. The van der Waals surface area contributed by atoms with Gasteiger partial charge in [0.15, 0.2) is 6.29 Å². The molecule has 9 heteroatoms. The summed E-state index contributed by atoms with van der Waals surface area (Å²) >= 11 is 6.45. The van der Waals surface area contributed by atoms with Crippen molar-refractivity contribution in [3.8, 4) is 5.75 Å². The summed E-state index contributed by atoms with van der Waals surface area (Å²) in [6, 6.07) is 10.2. The van der Waals surface area contributed by atoms with Crippen molar-refractivity contribution in [3.05, 3.63) is 58.8 Å². The molecule has 2 fully saturated rings. The Morgan fingerprint density at radius 2 is 2.15 bits per heavy atom. The Balaban J connectivity index is 1.23. The van der Waals surface area contributed by atoms with Crippen LogP contribution in [-0.4, -0.2) is 54.9 Å². The minimum absolute atomic E-state index is 0.273. The van der Waals surface area contributed by atoms with Gasteiger partial charge in [0.25, 0.3) is 5.91 Å². The number of aromatic nitrogens is 1. The van der Waals surface area contributed by atoms with E-state index in [1.807, 2.05) is 12.1 Å². The van der Waals surface area contributed by atoms with Gasteiger partial charge in [-0.2, -0.15) is 0 Å². The predicted molar refractivity (Wildman–Crippen MR) is 131 cm³/mol. The highest BCUT2D eigenvalue weighted by Gasteiger charge is 2.23. The second-order valence-electron chi connectivity index (χ2n) is 8.53. The second-order valence-corrected chi connectivity index (χ2v) is 8.93. The first-order valence-electron chi connectivity index (χ1n) is 11.6. The molecule has 0 aliphatic carbocycles. The summed E-state index contributed by atoms with van der Waals surface area (Å²) in [4.78, 5) is 24.1. The minimum Gasteiger partial charge on any atom is -0.497 e. The Morgan fingerprint density at radius 1 is 1.29 bits per heavy atom. The van der Waals surface area contributed by atoms with E-state index in [1.54, 1.807) is 25.4 Å². The maximum absolute atomic E-state index is 12.0. The van der Waals surface area contributed by atoms with Crippen molar-refractivity contribution >= 4 is 29.4 Å². The number of likely N-dealkylation sites (tertiary alicyclic amines) is 1. The Hall–Kier alpha value is -2.65. The van der Waals surface area contributed by atoms with E-state index in [4.69, 9.17) is 25.9 Å². The van der Waals surface area contributed by atoms with Crippen LogP contribution >= 0.6 is 11.6 Å². The number of halogens is 1. The van der Waals surface area contributed by atoms with Gasteiger partial charge in [0.05, 0.1) is 12.1 Å². The Bertz CT molecular complexity index is 979. The zero-order chi connectivity index (χ0) is 23.8. The molecule has 0 radical (unpaired) electrons. The number of nitrogens with zero attached hydrogens (tertiary/aromatic N) is 2. The molecule has 0 bridgehead atoms. The number of amides is 1. The summed E-state index contributed by atoms with van der Waals surface area (Å²) < 4.78 is 10.6. The van der Waals surface area contributed by atoms with Gasteiger partial charge in [-0.15, -0.1) is 0 Å². The first-order chi connectivity index (χ1) is 16.6. The van der Waals surface area contributed by atoms with Crippen molar-refractivity contribution in [2.45, 2.75) is 44.6 Å². The molecule has 0 saturated carbocycles. The van der Waals surface area contributed by atoms with Crippen molar-refractivity contribution < 1.29 is 19.1 Å². The van der Waals surface area contributed by atoms with E-state index in [0.29, 0.717) is 17.4 Å². The van der Waals surface area contributed by atoms with Gasteiger partial charge in [-0.25, -0.2) is 15.3 Å². The van der Waals surface area contributed by atoms with Crippen LogP contribution in [0.25, 0.3) is 6.08 Å². The van der Waals surface area contributed by atoms with E-state index in [-0.39, 0.29) is 18.2 Å². The second kappa shape index (κ2) is 12.2. The number of hydroxylamine groups is 1. The highest BCUT2D eigenvalue weighted by atomic mass is 35.5. The lowest BCUT2D eigenvalue weighted by Gasteiger charge is -2.21. The number of methoxy groups -OCH3 is 1. The zero-order valence-corrected chi connectivity index (χ0v) is 20.1. The van der Waals surface area contributed by atoms with Crippen molar-refractivity contribution in [1.82, 2.24) is 15.4 Å². The van der Waals surface area contributed by atoms with Crippen molar-refractivity contribution in [2.24, 2.45) is 0 Å². The Labute approximate surface area is 205 Å². The lowest BCUT2D eigenvalue weighted by molar-refractivity contribution is -0.198. The number of hydrogen-bond acceptors (Lipinski definition) is 7. The fourth-order valence-corrected chi connectivity index (χ4v) is 4.29. The molecule has 182 valence electrons. The van der Waals surface area contributed by atoms with E-state index < -0.39 is 0 Å². The summed E-state index contributed by atoms with van der Waals surface area (Å²) in [5, 5.41) is 3.97. The van der Waals surface area contributed by atoms with Crippen LogP contribution in [0.4, 0.5) is 5.82 Å². The van der Waals surface area contributed by atoms with E-state index in [0.717, 1.165) is 56.6 Å². The van der Waals surface area contributed by atoms with Gasteiger partial charge in [-0.1, -0.05) is 23.7 Å². The van der Waals surface area contributed by atoms with Crippen LogP contribution in [0.15, 0.2) is 42.6 Å². The number of benzene rings is 1. The number of pyridine rings is 1. The molecule has 1 unspecified atom stereocenters. The SMILES string of the molecule is COc1ccc(CN2CC[C@@H](Nc3ncc(/C=C/C(=O)NOC4CCCCO4)cc3Cl)C2)cc1. The Kier molecular flexibility index (Phi) is 8.76. The van der Waals surface area contributed by atoms with Crippen molar-refractivity contribution in [2.75, 3.05) is 32.1 Å².